The molecular formula is C13H11FN4O. The van der Waals surface area contributed by atoms with E-state index in [-0.39, 0.29) is 24.0 Å². The fourth-order valence-electron chi connectivity index (χ4n) is 1.63. The van der Waals surface area contributed by atoms with Gasteiger partial charge in [-0.1, -0.05) is 12.1 Å². The van der Waals surface area contributed by atoms with Crippen LogP contribution in [0.15, 0.2) is 30.5 Å². The predicted molar refractivity (Wildman–Crippen MR) is 66.7 cm³/mol. The minimum atomic E-state index is -0.347. The number of hydrogen-bond donors (Lipinski definition) is 1. The van der Waals surface area contributed by atoms with Gasteiger partial charge < -0.3 is 5.32 Å². The topological polar surface area (TPSA) is 70.7 Å². The van der Waals surface area contributed by atoms with E-state index >= 15 is 0 Å². The summed E-state index contributed by atoms with van der Waals surface area (Å²) in [5, 5.41) is 15.4. The molecule has 0 saturated carbocycles. The highest BCUT2D eigenvalue weighted by Crippen LogP contribution is 2.11. The Bertz CT molecular complexity index is 640. The number of nitriles is 1. The van der Waals surface area contributed by atoms with Crippen LogP contribution in [0.25, 0.3) is 0 Å². The third-order valence-electron chi connectivity index (χ3n) is 2.49. The smallest absolute Gasteiger partial charge is 0.230 e. The van der Waals surface area contributed by atoms with E-state index in [1.807, 2.05) is 6.07 Å². The zero-order valence-electron chi connectivity index (χ0n) is 10.2. The molecule has 0 aliphatic rings. The summed E-state index contributed by atoms with van der Waals surface area (Å²) in [4.78, 5) is 11.8. The molecule has 1 N–H and O–H groups in total. The quantitative estimate of drug-likeness (QED) is 0.909. The lowest BCUT2D eigenvalue weighted by molar-refractivity contribution is -0.115. The van der Waals surface area contributed by atoms with Crippen LogP contribution < -0.4 is 5.32 Å². The van der Waals surface area contributed by atoms with E-state index in [1.165, 1.54) is 23.0 Å². The number of benzene rings is 1. The molecule has 0 aliphatic heterocycles. The SMILES string of the molecule is Cn1cc(C#N)c(NC(=O)Cc2ccc(F)cc2)n1. The van der Waals surface area contributed by atoms with E-state index in [1.54, 1.807) is 19.2 Å². The molecule has 2 rings (SSSR count). The van der Waals surface area contributed by atoms with Gasteiger partial charge in [0.2, 0.25) is 5.91 Å². The summed E-state index contributed by atoms with van der Waals surface area (Å²) in [6.45, 7) is 0. The fourth-order valence-corrected chi connectivity index (χ4v) is 1.63. The zero-order valence-corrected chi connectivity index (χ0v) is 10.2. The first-order valence-electron chi connectivity index (χ1n) is 5.56. The molecule has 0 saturated heterocycles. The van der Waals surface area contributed by atoms with Crippen LogP contribution in [0.1, 0.15) is 11.1 Å². The molecule has 5 nitrogen and oxygen atoms in total. The molecule has 0 unspecified atom stereocenters. The van der Waals surface area contributed by atoms with Crippen molar-refractivity contribution in [2.75, 3.05) is 5.32 Å². The van der Waals surface area contributed by atoms with E-state index in [9.17, 15) is 9.18 Å². The maximum absolute atomic E-state index is 12.7. The summed E-state index contributed by atoms with van der Waals surface area (Å²) in [6.07, 6.45) is 1.62. The number of carbonyl (C=O) groups excluding carboxylic acids is 1. The van der Waals surface area contributed by atoms with Crippen LogP contribution >= 0.6 is 0 Å². The molecule has 6 heteroatoms. The standard InChI is InChI=1S/C13H11FN4O/c1-18-8-10(7-15)13(17-18)16-12(19)6-9-2-4-11(14)5-3-9/h2-5,8H,6H2,1H3,(H,16,17,19). The van der Waals surface area contributed by atoms with Crippen molar-refractivity contribution in [3.8, 4) is 6.07 Å². The van der Waals surface area contributed by atoms with Gasteiger partial charge in [0.1, 0.15) is 17.4 Å². The molecule has 0 spiro atoms. The number of rotatable bonds is 3. The highest BCUT2D eigenvalue weighted by Gasteiger charge is 2.11. The first-order chi connectivity index (χ1) is 9.08. The zero-order chi connectivity index (χ0) is 13.8. The molecule has 0 bridgehead atoms. The van der Waals surface area contributed by atoms with Gasteiger partial charge in [0.15, 0.2) is 5.82 Å². The second-order valence-electron chi connectivity index (χ2n) is 4.03. The third kappa shape index (κ3) is 3.16. The number of hydrogen-bond acceptors (Lipinski definition) is 3. The highest BCUT2D eigenvalue weighted by molar-refractivity contribution is 5.92. The van der Waals surface area contributed by atoms with Crippen molar-refractivity contribution < 1.29 is 9.18 Å². The molecule has 1 heterocycles. The molecule has 1 aromatic carbocycles. The highest BCUT2D eigenvalue weighted by atomic mass is 19.1. The fraction of sp³-hybridized carbons (Fsp3) is 0.154. The summed E-state index contributed by atoms with van der Waals surface area (Å²) < 4.78 is 14.2. The molecule has 19 heavy (non-hydrogen) atoms. The summed E-state index contributed by atoms with van der Waals surface area (Å²) in [6, 6.07) is 7.62. The van der Waals surface area contributed by atoms with Crippen molar-refractivity contribution in [1.29, 1.82) is 5.26 Å². The van der Waals surface area contributed by atoms with Crippen molar-refractivity contribution in [2.45, 2.75) is 6.42 Å². The summed E-state index contributed by atoms with van der Waals surface area (Å²) in [5.41, 5.74) is 0.989. The molecule has 96 valence electrons. The largest absolute Gasteiger partial charge is 0.308 e. The van der Waals surface area contributed by atoms with Crippen molar-refractivity contribution in [1.82, 2.24) is 9.78 Å². The van der Waals surface area contributed by atoms with Crippen LogP contribution in [-0.4, -0.2) is 15.7 Å². The second kappa shape index (κ2) is 5.31. The lowest BCUT2D eigenvalue weighted by atomic mass is 10.1. The van der Waals surface area contributed by atoms with Gasteiger partial charge in [-0.05, 0) is 17.7 Å². The molecule has 1 aromatic heterocycles. The van der Waals surface area contributed by atoms with Crippen molar-refractivity contribution in [3.63, 3.8) is 0 Å². The van der Waals surface area contributed by atoms with Crippen LogP contribution in [-0.2, 0) is 18.3 Å². The first kappa shape index (κ1) is 12.8. The summed E-state index contributed by atoms with van der Waals surface area (Å²) >= 11 is 0. The van der Waals surface area contributed by atoms with Crippen molar-refractivity contribution in [2.24, 2.45) is 7.05 Å². The average Bonchev–Trinajstić information content (AvgIpc) is 2.72. The van der Waals surface area contributed by atoms with E-state index in [0.717, 1.165) is 0 Å². The number of aryl methyl sites for hydroxylation is 1. The number of carbonyl (C=O) groups is 1. The number of halogens is 1. The molecule has 2 aromatic rings. The Morgan fingerprint density at radius 3 is 2.79 bits per heavy atom. The maximum atomic E-state index is 12.7. The number of anilines is 1. The molecule has 0 atom stereocenters. The Balaban J connectivity index is 2.05. The number of nitrogens with zero attached hydrogens (tertiary/aromatic N) is 3. The molecule has 0 fully saturated rings. The maximum Gasteiger partial charge on any atom is 0.230 e. The Morgan fingerprint density at radius 2 is 2.16 bits per heavy atom. The average molecular weight is 258 g/mol. The van der Waals surface area contributed by atoms with Gasteiger partial charge in [-0.25, -0.2) is 4.39 Å². The lowest BCUT2D eigenvalue weighted by Crippen LogP contribution is -2.15. The van der Waals surface area contributed by atoms with E-state index in [4.69, 9.17) is 5.26 Å². The van der Waals surface area contributed by atoms with E-state index in [0.29, 0.717) is 11.1 Å². The molecule has 0 aliphatic carbocycles. The number of amides is 1. The van der Waals surface area contributed by atoms with Gasteiger partial charge in [0.25, 0.3) is 0 Å². The summed E-state index contributed by atoms with van der Waals surface area (Å²) in [5.74, 6) is -0.417. The number of nitrogens with one attached hydrogen (secondary N) is 1. The number of aromatic nitrogens is 2. The Labute approximate surface area is 109 Å². The van der Waals surface area contributed by atoms with Crippen LogP contribution in [0.3, 0.4) is 0 Å². The van der Waals surface area contributed by atoms with Gasteiger partial charge in [0, 0.05) is 13.2 Å². The first-order valence-corrected chi connectivity index (χ1v) is 5.56. The summed E-state index contributed by atoms with van der Waals surface area (Å²) in [7, 11) is 1.66. The second-order valence-corrected chi connectivity index (χ2v) is 4.03. The van der Waals surface area contributed by atoms with E-state index in [2.05, 4.69) is 10.4 Å². The molecule has 1 amide bonds. The minimum absolute atomic E-state index is 0.0989. The van der Waals surface area contributed by atoms with Gasteiger partial charge in [-0.15, -0.1) is 0 Å². The van der Waals surface area contributed by atoms with Gasteiger partial charge in [0.05, 0.1) is 6.42 Å². The normalized spacial score (nSPS) is 9.95. The Hall–Kier alpha value is -2.68. The van der Waals surface area contributed by atoms with Crippen LogP contribution in [0.4, 0.5) is 10.2 Å². The molecular weight excluding hydrogens is 247 g/mol. The van der Waals surface area contributed by atoms with E-state index < -0.39 is 0 Å². The predicted octanol–water partition coefficient (Wildman–Crippen LogP) is 1.61. The van der Waals surface area contributed by atoms with Crippen molar-refractivity contribution >= 4 is 11.7 Å². The van der Waals surface area contributed by atoms with Gasteiger partial charge >= 0.3 is 0 Å². The Morgan fingerprint density at radius 1 is 1.47 bits per heavy atom. The monoisotopic (exact) mass is 258 g/mol. The van der Waals surface area contributed by atoms with Crippen molar-refractivity contribution in [3.05, 3.63) is 47.4 Å². The van der Waals surface area contributed by atoms with Gasteiger partial charge in [-0.3, -0.25) is 9.48 Å². The minimum Gasteiger partial charge on any atom is -0.308 e. The van der Waals surface area contributed by atoms with Crippen LogP contribution in [0, 0.1) is 17.1 Å². The lowest BCUT2D eigenvalue weighted by Gasteiger charge is -2.02. The van der Waals surface area contributed by atoms with Crippen LogP contribution in [0.5, 0.6) is 0 Å². The van der Waals surface area contributed by atoms with Gasteiger partial charge in [-0.2, -0.15) is 10.4 Å². The third-order valence-corrected chi connectivity index (χ3v) is 2.49. The van der Waals surface area contributed by atoms with Crippen LogP contribution in [0.2, 0.25) is 0 Å². The molecule has 0 radical (unpaired) electrons. The Kier molecular flexibility index (Phi) is 3.57.